The second kappa shape index (κ2) is 11.9. The molecule has 1 heterocycles. The molecule has 1 fully saturated rings. The lowest BCUT2D eigenvalue weighted by Crippen LogP contribution is -2.42. The summed E-state index contributed by atoms with van der Waals surface area (Å²) in [4.78, 5) is 9.51. The third-order valence-corrected chi connectivity index (χ3v) is 4.73. The monoisotopic (exact) mass is 361 g/mol. The van der Waals surface area contributed by atoms with Gasteiger partial charge in [-0.3, -0.25) is 4.99 Å². The molecule has 0 aromatic heterocycles. The Labute approximate surface area is 158 Å². The van der Waals surface area contributed by atoms with Gasteiger partial charge >= 0.3 is 0 Å². The molecule has 1 saturated heterocycles. The van der Waals surface area contributed by atoms with Gasteiger partial charge in [0.25, 0.3) is 0 Å². The Kier molecular flexibility index (Phi) is 9.45. The summed E-state index contributed by atoms with van der Waals surface area (Å²) in [6, 6.07) is 9.78. The van der Waals surface area contributed by atoms with E-state index >= 15 is 0 Å². The molecule has 6 heteroatoms. The largest absolute Gasteiger partial charge is 0.388 e. The smallest absolute Gasteiger partial charge is 0.191 e. The van der Waals surface area contributed by atoms with Crippen LogP contribution in [0.25, 0.3) is 0 Å². The molecule has 1 aromatic rings. The third-order valence-electron chi connectivity index (χ3n) is 4.73. The van der Waals surface area contributed by atoms with E-state index in [0.717, 1.165) is 44.2 Å². The summed E-state index contributed by atoms with van der Waals surface area (Å²) in [5, 5.41) is 16.9. The molecular formula is C20H35N5O. The second-order valence-corrected chi connectivity index (χ2v) is 6.90. The number of aliphatic hydroxyl groups is 1. The van der Waals surface area contributed by atoms with Gasteiger partial charge in [-0.05, 0) is 45.5 Å². The van der Waals surface area contributed by atoms with E-state index in [1.54, 1.807) is 0 Å². The van der Waals surface area contributed by atoms with Crippen LogP contribution in [0.1, 0.15) is 31.4 Å². The van der Waals surface area contributed by atoms with Crippen LogP contribution in [-0.4, -0.2) is 80.3 Å². The molecule has 6 nitrogen and oxygen atoms in total. The van der Waals surface area contributed by atoms with Gasteiger partial charge in [0.2, 0.25) is 0 Å². The lowest BCUT2D eigenvalue weighted by molar-refractivity contribution is 0.170. The topological polar surface area (TPSA) is 63.1 Å². The van der Waals surface area contributed by atoms with Gasteiger partial charge in [0.05, 0.1) is 6.10 Å². The van der Waals surface area contributed by atoms with Crippen molar-refractivity contribution in [3.8, 4) is 0 Å². The van der Waals surface area contributed by atoms with Gasteiger partial charge in [-0.2, -0.15) is 0 Å². The summed E-state index contributed by atoms with van der Waals surface area (Å²) in [7, 11) is 2.20. The average Bonchev–Trinajstić information content (AvgIpc) is 2.86. The molecule has 26 heavy (non-hydrogen) atoms. The SMILES string of the molecule is CCNC(=NCCC(O)c1ccccc1)NCCN1CCCN(C)CC1. The van der Waals surface area contributed by atoms with Gasteiger partial charge in [0, 0.05) is 39.3 Å². The quantitative estimate of drug-likeness (QED) is 0.481. The van der Waals surface area contributed by atoms with Crippen molar-refractivity contribution in [2.24, 2.45) is 4.99 Å². The average molecular weight is 362 g/mol. The number of rotatable bonds is 8. The first kappa shape index (κ1) is 20.7. The first-order chi connectivity index (χ1) is 12.7. The van der Waals surface area contributed by atoms with Crippen molar-refractivity contribution in [2.75, 3.05) is 59.4 Å². The Morgan fingerprint density at radius 1 is 1.15 bits per heavy atom. The van der Waals surface area contributed by atoms with Crippen LogP contribution in [0.5, 0.6) is 0 Å². The summed E-state index contributed by atoms with van der Waals surface area (Å²) in [5.41, 5.74) is 0.951. The van der Waals surface area contributed by atoms with Crippen LogP contribution in [-0.2, 0) is 0 Å². The zero-order chi connectivity index (χ0) is 18.6. The molecule has 146 valence electrons. The summed E-state index contributed by atoms with van der Waals surface area (Å²) in [6.45, 7) is 10.1. The fourth-order valence-corrected chi connectivity index (χ4v) is 3.14. The molecule has 0 aliphatic carbocycles. The van der Waals surface area contributed by atoms with Crippen molar-refractivity contribution < 1.29 is 5.11 Å². The van der Waals surface area contributed by atoms with Crippen LogP contribution in [0.15, 0.2) is 35.3 Å². The Morgan fingerprint density at radius 3 is 2.73 bits per heavy atom. The van der Waals surface area contributed by atoms with E-state index in [1.165, 1.54) is 19.5 Å². The van der Waals surface area contributed by atoms with Crippen molar-refractivity contribution in [1.82, 2.24) is 20.4 Å². The summed E-state index contributed by atoms with van der Waals surface area (Å²) in [5.74, 6) is 0.833. The molecule has 0 radical (unpaired) electrons. The van der Waals surface area contributed by atoms with Crippen molar-refractivity contribution in [2.45, 2.75) is 25.9 Å². The highest BCUT2D eigenvalue weighted by Gasteiger charge is 2.11. The van der Waals surface area contributed by atoms with Crippen LogP contribution in [0.3, 0.4) is 0 Å². The normalized spacial score (nSPS) is 18.3. The molecule has 3 N–H and O–H groups in total. The third kappa shape index (κ3) is 7.72. The molecule has 1 aromatic carbocycles. The van der Waals surface area contributed by atoms with Crippen LogP contribution in [0.2, 0.25) is 0 Å². The fraction of sp³-hybridized carbons (Fsp3) is 0.650. The zero-order valence-corrected chi connectivity index (χ0v) is 16.3. The summed E-state index contributed by atoms with van der Waals surface area (Å²) < 4.78 is 0. The zero-order valence-electron chi connectivity index (χ0n) is 16.3. The van der Waals surface area contributed by atoms with Crippen molar-refractivity contribution >= 4 is 5.96 Å². The highest BCUT2D eigenvalue weighted by atomic mass is 16.3. The predicted molar refractivity (Wildman–Crippen MR) is 109 cm³/mol. The minimum Gasteiger partial charge on any atom is -0.388 e. The number of hydrogen-bond acceptors (Lipinski definition) is 4. The Bertz CT molecular complexity index is 522. The lowest BCUT2D eigenvalue weighted by atomic mass is 10.1. The van der Waals surface area contributed by atoms with Gasteiger partial charge in [-0.15, -0.1) is 0 Å². The number of likely N-dealkylation sites (N-methyl/N-ethyl adjacent to an activating group) is 1. The number of hydrogen-bond donors (Lipinski definition) is 3. The standard InChI is InChI=1S/C20H35N5O/c1-3-21-20(22-11-10-19(26)18-8-5-4-6-9-18)23-12-15-25-14-7-13-24(2)16-17-25/h4-6,8-9,19,26H,3,7,10-17H2,1-2H3,(H2,21,22,23). The number of benzene rings is 1. The van der Waals surface area contributed by atoms with Crippen LogP contribution >= 0.6 is 0 Å². The molecule has 2 rings (SSSR count). The Morgan fingerprint density at radius 2 is 1.96 bits per heavy atom. The van der Waals surface area contributed by atoms with E-state index in [-0.39, 0.29) is 0 Å². The van der Waals surface area contributed by atoms with Gasteiger partial charge < -0.3 is 25.5 Å². The molecule has 0 saturated carbocycles. The van der Waals surface area contributed by atoms with E-state index in [1.807, 2.05) is 30.3 Å². The molecule has 1 aliphatic heterocycles. The molecule has 0 amide bonds. The van der Waals surface area contributed by atoms with Crippen LogP contribution in [0.4, 0.5) is 0 Å². The minimum atomic E-state index is -0.461. The summed E-state index contributed by atoms with van der Waals surface area (Å²) >= 11 is 0. The highest BCUT2D eigenvalue weighted by Crippen LogP contribution is 2.15. The van der Waals surface area contributed by atoms with E-state index < -0.39 is 6.10 Å². The molecule has 1 aliphatic rings. The number of guanidine groups is 1. The van der Waals surface area contributed by atoms with Crippen molar-refractivity contribution in [3.05, 3.63) is 35.9 Å². The number of aliphatic imine (C=N–C) groups is 1. The minimum absolute atomic E-state index is 0.461. The van der Waals surface area contributed by atoms with Crippen molar-refractivity contribution in [1.29, 1.82) is 0 Å². The van der Waals surface area contributed by atoms with Gasteiger partial charge in [0.15, 0.2) is 5.96 Å². The Balaban J connectivity index is 1.72. The maximum absolute atomic E-state index is 10.2. The first-order valence-corrected chi connectivity index (χ1v) is 9.85. The highest BCUT2D eigenvalue weighted by molar-refractivity contribution is 5.79. The first-order valence-electron chi connectivity index (χ1n) is 9.85. The molecular weight excluding hydrogens is 326 g/mol. The van der Waals surface area contributed by atoms with E-state index in [0.29, 0.717) is 13.0 Å². The number of nitrogens with zero attached hydrogens (tertiary/aromatic N) is 3. The molecule has 0 spiro atoms. The fourth-order valence-electron chi connectivity index (χ4n) is 3.14. The molecule has 1 unspecified atom stereocenters. The van der Waals surface area contributed by atoms with Gasteiger partial charge in [-0.25, -0.2) is 0 Å². The Hall–Kier alpha value is -1.63. The lowest BCUT2D eigenvalue weighted by Gasteiger charge is -2.21. The molecule has 1 atom stereocenters. The maximum atomic E-state index is 10.2. The van der Waals surface area contributed by atoms with Crippen LogP contribution < -0.4 is 10.6 Å². The second-order valence-electron chi connectivity index (χ2n) is 6.90. The van der Waals surface area contributed by atoms with E-state index in [2.05, 4.69) is 39.4 Å². The van der Waals surface area contributed by atoms with Crippen molar-refractivity contribution in [3.63, 3.8) is 0 Å². The van der Waals surface area contributed by atoms with Gasteiger partial charge in [0.1, 0.15) is 0 Å². The van der Waals surface area contributed by atoms with E-state index in [9.17, 15) is 5.11 Å². The van der Waals surface area contributed by atoms with Crippen LogP contribution in [0, 0.1) is 0 Å². The number of nitrogens with one attached hydrogen (secondary N) is 2. The summed E-state index contributed by atoms with van der Waals surface area (Å²) in [6.07, 6.45) is 1.40. The van der Waals surface area contributed by atoms with E-state index in [4.69, 9.17) is 0 Å². The maximum Gasteiger partial charge on any atom is 0.191 e. The number of aliphatic hydroxyl groups excluding tert-OH is 1. The predicted octanol–water partition coefficient (Wildman–Crippen LogP) is 1.30. The molecule has 0 bridgehead atoms. The van der Waals surface area contributed by atoms with Gasteiger partial charge in [-0.1, -0.05) is 30.3 Å².